The van der Waals surface area contributed by atoms with Crippen molar-refractivity contribution in [1.29, 1.82) is 0 Å². The first-order chi connectivity index (χ1) is 7.47. The van der Waals surface area contributed by atoms with Gasteiger partial charge in [-0.05, 0) is 41.3 Å². The molecule has 2 rings (SSSR count). The molecule has 0 aliphatic carbocycles. The van der Waals surface area contributed by atoms with Crippen LogP contribution in [0.25, 0.3) is 5.69 Å². The molecule has 0 unspecified atom stereocenters. The summed E-state index contributed by atoms with van der Waals surface area (Å²) in [5.41, 5.74) is 2.67. The average Bonchev–Trinajstić information content (AvgIpc) is 2.67. The molecule has 0 N–H and O–H groups in total. The molecule has 1 nitrogen and oxygen atoms in total. The van der Waals surface area contributed by atoms with Crippen molar-refractivity contribution in [2.45, 2.75) is 26.2 Å². The Morgan fingerprint density at radius 1 is 1.00 bits per heavy atom. The maximum absolute atomic E-state index is 5.87. The molecule has 16 heavy (non-hydrogen) atoms. The smallest absolute Gasteiger partial charge is 0.0450 e. The molecule has 0 amide bonds. The quantitative estimate of drug-likeness (QED) is 0.687. The first kappa shape index (κ1) is 11.3. The maximum atomic E-state index is 5.87. The zero-order valence-electron chi connectivity index (χ0n) is 9.87. The van der Waals surface area contributed by atoms with E-state index in [1.807, 2.05) is 24.3 Å². The second kappa shape index (κ2) is 3.99. The Morgan fingerprint density at radius 3 is 2.12 bits per heavy atom. The van der Waals surface area contributed by atoms with Crippen LogP contribution in [-0.2, 0) is 5.41 Å². The van der Waals surface area contributed by atoms with E-state index in [-0.39, 0.29) is 5.41 Å². The van der Waals surface area contributed by atoms with Gasteiger partial charge in [0.25, 0.3) is 0 Å². The first-order valence-corrected chi connectivity index (χ1v) is 5.79. The Labute approximate surface area is 102 Å². The van der Waals surface area contributed by atoms with Crippen LogP contribution in [0.15, 0.2) is 42.7 Å². The van der Waals surface area contributed by atoms with Gasteiger partial charge in [0.2, 0.25) is 0 Å². The third-order valence-corrected chi connectivity index (χ3v) is 2.94. The third-order valence-electron chi connectivity index (χ3n) is 2.68. The summed E-state index contributed by atoms with van der Waals surface area (Å²) >= 11 is 5.87. The lowest BCUT2D eigenvalue weighted by molar-refractivity contribution is 0.590. The van der Waals surface area contributed by atoms with Gasteiger partial charge in [-0.2, -0.15) is 0 Å². The molecule has 1 aromatic carbocycles. The van der Waals surface area contributed by atoms with Gasteiger partial charge in [-0.1, -0.05) is 32.4 Å². The Balaban J connectivity index is 2.35. The highest BCUT2D eigenvalue weighted by Gasteiger charge is 2.14. The Kier molecular flexibility index (Phi) is 2.81. The highest BCUT2D eigenvalue weighted by Crippen LogP contribution is 2.24. The standard InChI is InChI=1S/C14H16ClN/c1-14(2,3)11-8-9-16(10-11)13-6-4-12(15)5-7-13/h4-10H,1-3H3. The van der Waals surface area contributed by atoms with E-state index in [1.54, 1.807) is 0 Å². The lowest BCUT2D eigenvalue weighted by atomic mass is 9.89. The minimum Gasteiger partial charge on any atom is -0.324 e. The van der Waals surface area contributed by atoms with E-state index in [1.165, 1.54) is 5.56 Å². The van der Waals surface area contributed by atoms with Gasteiger partial charge in [0, 0.05) is 23.1 Å². The molecular formula is C14H16ClN. The van der Waals surface area contributed by atoms with E-state index in [0.29, 0.717) is 0 Å². The molecule has 0 aliphatic rings. The summed E-state index contributed by atoms with van der Waals surface area (Å²) < 4.78 is 2.12. The number of benzene rings is 1. The second-order valence-corrected chi connectivity index (χ2v) is 5.47. The number of halogens is 1. The van der Waals surface area contributed by atoms with Crippen LogP contribution in [0.2, 0.25) is 5.02 Å². The van der Waals surface area contributed by atoms with Crippen LogP contribution in [0, 0.1) is 0 Å². The molecule has 2 heteroatoms. The first-order valence-electron chi connectivity index (χ1n) is 5.41. The zero-order chi connectivity index (χ0) is 11.8. The lowest BCUT2D eigenvalue weighted by Gasteiger charge is -2.16. The van der Waals surface area contributed by atoms with Crippen molar-refractivity contribution in [3.05, 3.63) is 53.3 Å². The molecule has 0 saturated heterocycles. The number of nitrogens with zero attached hydrogens (tertiary/aromatic N) is 1. The van der Waals surface area contributed by atoms with Gasteiger partial charge in [-0.25, -0.2) is 0 Å². The third kappa shape index (κ3) is 2.30. The molecule has 0 fully saturated rings. The van der Waals surface area contributed by atoms with Gasteiger partial charge >= 0.3 is 0 Å². The molecule has 1 aromatic heterocycles. The normalized spacial score (nSPS) is 11.8. The average molecular weight is 234 g/mol. The lowest BCUT2D eigenvalue weighted by Crippen LogP contribution is -2.09. The molecule has 84 valence electrons. The van der Waals surface area contributed by atoms with Crippen molar-refractivity contribution >= 4 is 11.6 Å². The van der Waals surface area contributed by atoms with E-state index in [4.69, 9.17) is 11.6 Å². The number of aromatic nitrogens is 1. The summed E-state index contributed by atoms with van der Waals surface area (Å²) in [6.45, 7) is 6.65. The number of hydrogen-bond donors (Lipinski definition) is 0. The minimum atomic E-state index is 0.192. The van der Waals surface area contributed by atoms with Crippen molar-refractivity contribution in [1.82, 2.24) is 4.57 Å². The van der Waals surface area contributed by atoms with Gasteiger partial charge in [0.1, 0.15) is 0 Å². The van der Waals surface area contributed by atoms with Crippen LogP contribution in [0.3, 0.4) is 0 Å². The summed E-state index contributed by atoms with van der Waals surface area (Å²) in [6, 6.07) is 10.0. The van der Waals surface area contributed by atoms with E-state index in [9.17, 15) is 0 Å². The predicted octanol–water partition coefficient (Wildman–Crippen LogP) is 4.43. The van der Waals surface area contributed by atoms with Crippen LogP contribution < -0.4 is 0 Å². The van der Waals surface area contributed by atoms with Crippen molar-refractivity contribution in [2.24, 2.45) is 0 Å². The highest BCUT2D eigenvalue weighted by atomic mass is 35.5. The van der Waals surface area contributed by atoms with Crippen LogP contribution in [0.4, 0.5) is 0 Å². The minimum absolute atomic E-state index is 0.192. The highest BCUT2D eigenvalue weighted by molar-refractivity contribution is 6.30. The molecule has 0 saturated carbocycles. The van der Waals surface area contributed by atoms with E-state index in [0.717, 1.165) is 10.7 Å². The van der Waals surface area contributed by atoms with Crippen molar-refractivity contribution in [3.63, 3.8) is 0 Å². The van der Waals surface area contributed by atoms with Gasteiger partial charge in [0.05, 0.1) is 0 Å². The Morgan fingerprint density at radius 2 is 1.62 bits per heavy atom. The van der Waals surface area contributed by atoms with E-state index >= 15 is 0 Å². The van der Waals surface area contributed by atoms with Gasteiger partial charge in [-0.15, -0.1) is 0 Å². The van der Waals surface area contributed by atoms with Crippen molar-refractivity contribution < 1.29 is 0 Å². The fourth-order valence-corrected chi connectivity index (χ4v) is 1.74. The van der Waals surface area contributed by atoms with Crippen LogP contribution >= 0.6 is 11.6 Å². The number of rotatable bonds is 1. The molecule has 0 spiro atoms. The molecule has 0 aliphatic heterocycles. The van der Waals surface area contributed by atoms with Crippen molar-refractivity contribution in [2.75, 3.05) is 0 Å². The van der Waals surface area contributed by atoms with Gasteiger partial charge < -0.3 is 4.57 Å². The van der Waals surface area contributed by atoms with Crippen LogP contribution in [0.5, 0.6) is 0 Å². The van der Waals surface area contributed by atoms with Gasteiger partial charge in [0.15, 0.2) is 0 Å². The Hall–Kier alpha value is -1.21. The SMILES string of the molecule is CC(C)(C)c1ccn(-c2ccc(Cl)cc2)c1. The zero-order valence-corrected chi connectivity index (χ0v) is 10.6. The molecule has 1 heterocycles. The van der Waals surface area contributed by atoms with Crippen LogP contribution in [0.1, 0.15) is 26.3 Å². The fraction of sp³-hybridized carbons (Fsp3) is 0.286. The molecule has 0 radical (unpaired) electrons. The van der Waals surface area contributed by atoms with E-state index < -0.39 is 0 Å². The maximum Gasteiger partial charge on any atom is 0.0450 e. The fourth-order valence-electron chi connectivity index (χ4n) is 1.61. The predicted molar refractivity (Wildman–Crippen MR) is 69.5 cm³/mol. The molecule has 0 bridgehead atoms. The summed E-state index contributed by atoms with van der Waals surface area (Å²) in [7, 11) is 0. The monoisotopic (exact) mass is 233 g/mol. The largest absolute Gasteiger partial charge is 0.324 e. The molecule has 0 atom stereocenters. The molecular weight excluding hydrogens is 218 g/mol. The summed E-state index contributed by atoms with van der Waals surface area (Å²) in [5, 5.41) is 0.770. The van der Waals surface area contributed by atoms with Crippen LogP contribution in [-0.4, -0.2) is 4.57 Å². The summed E-state index contributed by atoms with van der Waals surface area (Å²) in [6.07, 6.45) is 4.26. The summed E-state index contributed by atoms with van der Waals surface area (Å²) in [5.74, 6) is 0. The van der Waals surface area contributed by atoms with Crippen molar-refractivity contribution in [3.8, 4) is 5.69 Å². The second-order valence-electron chi connectivity index (χ2n) is 5.03. The Bertz CT molecular complexity index is 474. The molecule has 2 aromatic rings. The van der Waals surface area contributed by atoms with E-state index in [2.05, 4.69) is 43.8 Å². The van der Waals surface area contributed by atoms with Gasteiger partial charge in [-0.3, -0.25) is 0 Å². The number of hydrogen-bond acceptors (Lipinski definition) is 0. The summed E-state index contributed by atoms with van der Waals surface area (Å²) in [4.78, 5) is 0. The topological polar surface area (TPSA) is 4.93 Å².